The van der Waals surface area contributed by atoms with Crippen molar-refractivity contribution in [2.24, 2.45) is 0 Å². The van der Waals surface area contributed by atoms with E-state index in [1.807, 2.05) is 6.20 Å². The van der Waals surface area contributed by atoms with Crippen LogP contribution in [0.25, 0.3) is 0 Å². The fourth-order valence-electron chi connectivity index (χ4n) is 2.91. The van der Waals surface area contributed by atoms with E-state index in [2.05, 4.69) is 13.6 Å². The Hall–Kier alpha value is -0.190. The lowest BCUT2D eigenvalue weighted by Gasteiger charge is -2.36. The molecular weight excluding hydrogens is 230 g/mol. The van der Waals surface area contributed by atoms with Crippen molar-refractivity contribution < 1.29 is 0 Å². The monoisotopic (exact) mass is 243 g/mol. The van der Waals surface area contributed by atoms with E-state index in [-0.39, 0.29) is 0 Å². The Kier molecular flexibility index (Phi) is 2.66. The summed E-state index contributed by atoms with van der Waals surface area (Å²) >= 11 is 7.54. The van der Waals surface area contributed by atoms with Crippen LogP contribution in [0, 0.1) is 0 Å². The van der Waals surface area contributed by atoms with E-state index in [1.165, 1.54) is 24.6 Å². The SMILES string of the molecule is ClC1CC2CCC(C1)N2Cc1cnsn1. The standard InChI is InChI=1S/C10H14ClN3S/c11-7-3-9-1-2-10(4-7)14(9)6-8-5-12-15-13-8/h5,7,9-10H,1-4,6H2. The van der Waals surface area contributed by atoms with Gasteiger partial charge in [0.2, 0.25) is 0 Å². The molecule has 0 amide bonds. The second-order valence-electron chi connectivity index (χ2n) is 4.52. The minimum absolute atomic E-state index is 0.396. The zero-order chi connectivity index (χ0) is 10.3. The fraction of sp³-hybridized carbons (Fsp3) is 0.800. The van der Waals surface area contributed by atoms with E-state index in [9.17, 15) is 0 Å². The van der Waals surface area contributed by atoms with Gasteiger partial charge < -0.3 is 0 Å². The van der Waals surface area contributed by atoms with Crippen molar-refractivity contribution in [3.8, 4) is 0 Å². The summed E-state index contributed by atoms with van der Waals surface area (Å²) in [7, 11) is 0. The molecule has 5 heteroatoms. The van der Waals surface area contributed by atoms with Gasteiger partial charge in [-0.1, -0.05) is 0 Å². The molecule has 1 aromatic rings. The van der Waals surface area contributed by atoms with Gasteiger partial charge in [-0.3, -0.25) is 4.90 Å². The molecule has 0 radical (unpaired) electrons. The zero-order valence-electron chi connectivity index (χ0n) is 8.47. The van der Waals surface area contributed by atoms with Crippen molar-refractivity contribution in [3.05, 3.63) is 11.9 Å². The molecule has 3 nitrogen and oxygen atoms in total. The highest BCUT2D eigenvalue weighted by Gasteiger charge is 2.40. The van der Waals surface area contributed by atoms with Gasteiger partial charge in [0.15, 0.2) is 0 Å². The number of rotatable bonds is 2. The molecular formula is C10H14ClN3S. The van der Waals surface area contributed by atoms with Crippen LogP contribution in [-0.2, 0) is 6.54 Å². The Labute approximate surface area is 98.8 Å². The van der Waals surface area contributed by atoms with Crippen LogP contribution in [-0.4, -0.2) is 31.1 Å². The molecule has 0 spiro atoms. The molecule has 3 heterocycles. The Bertz CT molecular complexity index is 315. The summed E-state index contributed by atoms with van der Waals surface area (Å²) in [6.45, 7) is 0.968. The Balaban J connectivity index is 1.72. The first-order chi connectivity index (χ1) is 7.33. The van der Waals surface area contributed by atoms with E-state index in [0.29, 0.717) is 17.5 Å². The Morgan fingerprint density at radius 3 is 2.73 bits per heavy atom. The van der Waals surface area contributed by atoms with Gasteiger partial charge in [0.25, 0.3) is 0 Å². The molecule has 1 aromatic heterocycles. The van der Waals surface area contributed by atoms with Gasteiger partial charge in [0.05, 0.1) is 23.6 Å². The summed E-state index contributed by atoms with van der Waals surface area (Å²) < 4.78 is 8.33. The topological polar surface area (TPSA) is 29.0 Å². The van der Waals surface area contributed by atoms with E-state index >= 15 is 0 Å². The predicted octanol–water partition coefficient (Wildman–Crippen LogP) is 2.27. The third-order valence-electron chi connectivity index (χ3n) is 3.58. The summed E-state index contributed by atoms with van der Waals surface area (Å²) in [6.07, 6.45) is 6.80. The van der Waals surface area contributed by atoms with E-state index in [1.54, 1.807) is 0 Å². The molecule has 0 saturated carbocycles. The summed E-state index contributed by atoms with van der Waals surface area (Å²) in [5, 5.41) is 0.396. The number of alkyl halides is 1. The molecule has 2 bridgehead atoms. The third-order valence-corrected chi connectivity index (χ3v) is 4.45. The maximum Gasteiger partial charge on any atom is 0.0883 e. The minimum Gasteiger partial charge on any atom is -0.291 e. The smallest absolute Gasteiger partial charge is 0.0883 e. The van der Waals surface area contributed by atoms with Crippen LogP contribution in [0.1, 0.15) is 31.4 Å². The van der Waals surface area contributed by atoms with E-state index < -0.39 is 0 Å². The van der Waals surface area contributed by atoms with E-state index in [4.69, 9.17) is 11.6 Å². The molecule has 2 aliphatic heterocycles. The van der Waals surface area contributed by atoms with Crippen LogP contribution in [0.15, 0.2) is 6.20 Å². The lowest BCUT2D eigenvalue weighted by molar-refractivity contribution is 0.133. The first-order valence-electron chi connectivity index (χ1n) is 5.49. The van der Waals surface area contributed by atoms with Crippen LogP contribution in [0.5, 0.6) is 0 Å². The van der Waals surface area contributed by atoms with Crippen LogP contribution in [0.4, 0.5) is 0 Å². The van der Waals surface area contributed by atoms with Crippen LogP contribution in [0.2, 0.25) is 0 Å². The van der Waals surface area contributed by atoms with Crippen LogP contribution in [0.3, 0.4) is 0 Å². The molecule has 0 aliphatic carbocycles. The number of hydrogen-bond donors (Lipinski definition) is 0. The lowest BCUT2D eigenvalue weighted by Crippen LogP contribution is -2.42. The molecule has 82 valence electrons. The molecule has 0 N–H and O–H groups in total. The largest absolute Gasteiger partial charge is 0.291 e. The quantitative estimate of drug-likeness (QED) is 0.747. The van der Waals surface area contributed by atoms with Crippen molar-refractivity contribution in [2.75, 3.05) is 0 Å². The van der Waals surface area contributed by atoms with E-state index in [0.717, 1.165) is 25.1 Å². The van der Waals surface area contributed by atoms with Crippen molar-refractivity contribution in [1.82, 2.24) is 13.6 Å². The molecule has 2 fully saturated rings. The molecule has 2 aliphatic rings. The van der Waals surface area contributed by atoms with Crippen LogP contribution < -0.4 is 0 Å². The number of aromatic nitrogens is 2. The zero-order valence-corrected chi connectivity index (χ0v) is 10.0. The predicted molar refractivity (Wildman–Crippen MR) is 61.1 cm³/mol. The number of hydrogen-bond acceptors (Lipinski definition) is 4. The molecule has 3 rings (SSSR count). The molecule has 2 atom stereocenters. The van der Waals surface area contributed by atoms with Crippen molar-refractivity contribution >= 4 is 23.3 Å². The fourth-order valence-corrected chi connectivity index (χ4v) is 3.74. The maximum atomic E-state index is 6.24. The molecule has 2 saturated heterocycles. The lowest BCUT2D eigenvalue weighted by atomic mass is 10.0. The van der Waals surface area contributed by atoms with Crippen LogP contribution >= 0.6 is 23.3 Å². The van der Waals surface area contributed by atoms with Crippen molar-refractivity contribution in [1.29, 1.82) is 0 Å². The molecule has 2 unspecified atom stereocenters. The molecule has 0 aromatic carbocycles. The number of halogens is 1. The van der Waals surface area contributed by atoms with Crippen molar-refractivity contribution in [2.45, 2.75) is 49.7 Å². The molecule has 15 heavy (non-hydrogen) atoms. The third kappa shape index (κ3) is 1.90. The summed E-state index contributed by atoms with van der Waals surface area (Å²) in [4.78, 5) is 2.58. The highest BCUT2D eigenvalue weighted by molar-refractivity contribution is 6.99. The average Bonchev–Trinajstić information content (AvgIpc) is 2.77. The van der Waals surface area contributed by atoms with Gasteiger partial charge in [-0.15, -0.1) is 11.6 Å². The second-order valence-corrected chi connectivity index (χ2v) is 5.70. The van der Waals surface area contributed by atoms with Gasteiger partial charge in [-0.25, -0.2) is 0 Å². The number of nitrogens with zero attached hydrogens (tertiary/aromatic N) is 3. The number of piperidine rings is 1. The van der Waals surface area contributed by atoms with Crippen molar-refractivity contribution in [3.63, 3.8) is 0 Å². The highest BCUT2D eigenvalue weighted by atomic mass is 35.5. The summed E-state index contributed by atoms with van der Waals surface area (Å²) in [6, 6.07) is 1.38. The maximum absolute atomic E-state index is 6.24. The highest BCUT2D eigenvalue weighted by Crippen LogP contribution is 2.38. The summed E-state index contributed by atoms with van der Waals surface area (Å²) in [5.74, 6) is 0. The van der Waals surface area contributed by atoms with Gasteiger partial charge >= 0.3 is 0 Å². The first-order valence-corrected chi connectivity index (χ1v) is 6.66. The Morgan fingerprint density at radius 1 is 1.40 bits per heavy atom. The second kappa shape index (κ2) is 4.00. The van der Waals surface area contributed by atoms with Gasteiger partial charge in [-0.2, -0.15) is 8.75 Å². The number of fused-ring (bicyclic) bond motifs is 2. The van der Waals surface area contributed by atoms with Gasteiger partial charge in [-0.05, 0) is 25.7 Å². The average molecular weight is 244 g/mol. The summed E-state index contributed by atoms with van der Waals surface area (Å²) in [5.41, 5.74) is 1.12. The Morgan fingerprint density at radius 2 is 2.13 bits per heavy atom. The van der Waals surface area contributed by atoms with Gasteiger partial charge in [0.1, 0.15) is 0 Å². The first kappa shape index (κ1) is 10.00. The normalized spacial score (nSPS) is 35.9. The van der Waals surface area contributed by atoms with Gasteiger partial charge in [0, 0.05) is 24.0 Å². The minimum atomic E-state index is 0.396.